The predicted octanol–water partition coefficient (Wildman–Crippen LogP) is 3.98. The molecule has 0 spiro atoms. The maximum absolute atomic E-state index is 13.9. The smallest absolute Gasteiger partial charge is 0.128 e. The largest absolute Gasteiger partial charge is 0.343 e. The van der Waals surface area contributed by atoms with Crippen LogP contribution in [0.25, 0.3) is 10.9 Å². The summed E-state index contributed by atoms with van der Waals surface area (Å²) in [7, 11) is 0. The molecule has 0 fully saturated rings. The molecule has 3 aromatic rings. The Morgan fingerprint density at radius 1 is 1.10 bits per heavy atom. The van der Waals surface area contributed by atoms with Crippen molar-refractivity contribution in [2.45, 2.75) is 13.0 Å². The monoisotopic (exact) mass is 302 g/mol. The molecule has 0 unspecified atom stereocenters. The van der Waals surface area contributed by atoms with Crippen molar-refractivity contribution in [2.75, 3.05) is 6.54 Å². The molecule has 0 radical (unpaired) electrons. The molecule has 0 aliphatic heterocycles. The van der Waals surface area contributed by atoms with E-state index in [1.807, 2.05) is 22.9 Å². The van der Waals surface area contributed by atoms with Gasteiger partial charge >= 0.3 is 0 Å². The molecule has 0 aliphatic rings. The van der Waals surface area contributed by atoms with Gasteiger partial charge in [-0.25, -0.2) is 4.39 Å². The van der Waals surface area contributed by atoms with Crippen LogP contribution in [0.5, 0.6) is 0 Å². The van der Waals surface area contributed by atoms with Crippen LogP contribution >= 0.6 is 11.6 Å². The molecule has 0 saturated heterocycles. The fourth-order valence-corrected chi connectivity index (χ4v) is 2.84. The quantitative estimate of drug-likeness (QED) is 0.776. The van der Waals surface area contributed by atoms with Gasteiger partial charge in [-0.2, -0.15) is 0 Å². The van der Waals surface area contributed by atoms with Crippen molar-refractivity contribution < 1.29 is 4.39 Å². The number of hydrogen-bond donors (Lipinski definition) is 1. The zero-order valence-electron chi connectivity index (χ0n) is 11.5. The van der Waals surface area contributed by atoms with Gasteiger partial charge in [-0.3, -0.25) is 0 Å². The van der Waals surface area contributed by atoms with E-state index in [0.717, 1.165) is 11.9 Å². The second kappa shape index (κ2) is 5.88. The molecule has 108 valence electrons. The van der Waals surface area contributed by atoms with Crippen LogP contribution in [0, 0.1) is 5.82 Å². The first-order valence-electron chi connectivity index (χ1n) is 6.90. The lowest BCUT2D eigenvalue weighted by atomic mass is 10.1. The minimum absolute atomic E-state index is 0.237. The zero-order chi connectivity index (χ0) is 14.8. The van der Waals surface area contributed by atoms with Gasteiger partial charge in [-0.15, -0.1) is 0 Å². The molecular formula is C17H16ClFN2. The summed E-state index contributed by atoms with van der Waals surface area (Å²) in [6.45, 7) is 1.08. The van der Waals surface area contributed by atoms with E-state index in [2.05, 4.69) is 12.1 Å². The molecule has 0 aliphatic carbocycles. The fourth-order valence-electron chi connectivity index (χ4n) is 2.65. The van der Waals surface area contributed by atoms with Crippen molar-refractivity contribution in [3.8, 4) is 0 Å². The van der Waals surface area contributed by atoms with E-state index < -0.39 is 0 Å². The summed E-state index contributed by atoms with van der Waals surface area (Å²) < 4.78 is 15.9. The Kier molecular flexibility index (Phi) is 3.95. The highest BCUT2D eigenvalue weighted by Gasteiger charge is 2.08. The van der Waals surface area contributed by atoms with E-state index >= 15 is 0 Å². The van der Waals surface area contributed by atoms with Gasteiger partial charge in [0, 0.05) is 27.7 Å². The number of aromatic nitrogens is 1. The molecule has 2 N–H and O–H groups in total. The van der Waals surface area contributed by atoms with Gasteiger partial charge in [0.25, 0.3) is 0 Å². The number of nitrogens with two attached hydrogens (primary N) is 1. The van der Waals surface area contributed by atoms with Gasteiger partial charge in [0.05, 0.1) is 6.54 Å². The summed E-state index contributed by atoms with van der Waals surface area (Å²) in [6, 6.07) is 12.8. The van der Waals surface area contributed by atoms with Crippen molar-refractivity contribution in [1.29, 1.82) is 0 Å². The van der Waals surface area contributed by atoms with Gasteiger partial charge in [0.2, 0.25) is 0 Å². The molecule has 0 saturated carbocycles. The van der Waals surface area contributed by atoms with E-state index in [-0.39, 0.29) is 5.82 Å². The molecule has 21 heavy (non-hydrogen) atoms. The third kappa shape index (κ3) is 2.80. The second-order valence-corrected chi connectivity index (χ2v) is 5.50. The number of halogens is 2. The summed E-state index contributed by atoms with van der Waals surface area (Å²) >= 11 is 5.95. The Morgan fingerprint density at radius 3 is 2.76 bits per heavy atom. The molecule has 3 rings (SSSR count). The van der Waals surface area contributed by atoms with Gasteiger partial charge in [0.15, 0.2) is 0 Å². The number of nitrogens with zero attached hydrogens (tertiary/aromatic N) is 1. The van der Waals surface area contributed by atoms with Crippen molar-refractivity contribution in [3.05, 3.63) is 70.6 Å². The van der Waals surface area contributed by atoms with Crippen molar-refractivity contribution in [2.24, 2.45) is 5.73 Å². The number of fused-ring (bicyclic) bond motifs is 1. The lowest BCUT2D eigenvalue weighted by Gasteiger charge is -2.08. The fraction of sp³-hybridized carbons (Fsp3) is 0.176. The first-order valence-corrected chi connectivity index (χ1v) is 7.27. The summed E-state index contributed by atoms with van der Waals surface area (Å²) in [5, 5.41) is 1.72. The summed E-state index contributed by atoms with van der Waals surface area (Å²) in [5.74, 6) is -0.237. The van der Waals surface area contributed by atoms with Crippen LogP contribution in [-0.2, 0) is 13.0 Å². The topological polar surface area (TPSA) is 30.9 Å². The first kappa shape index (κ1) is 14.1. The van der Waals surface area contributed by atoms with Crippen LogP contribution in [0.3, 0.4) is 0 Å². The van der Waals surface area contributed by atoms with Gasteiger partial charge in [0.1, 0.15) is 5.82 Å². The Hall–Kier alpha value is -1.84. The van der Waals surface area contributed by atoms with Crippen LogP contribution in [-0.4, -0.2) is 11.1 Å². The molecule has 4 heteroatoms. The van der Waals surface area contributed by atoms with Gasteiger partial charge in [-0.05, 0) is 48.9 Å². The number of rotatable bonds is 4. The Bertz CT molecular complexity index is 780. The van der Waals surface area contributed by atoms with Crippen LogP contribution in [0.2, 0.25) is 5.02 Å². The standard InChI is InChI=1S/C17H16ClFN2/c18-14-4-5-16(19)13(10-14)11-21-9-7-15-12(6-8-20)2-1-3-17(15)21/h1-5,7,9-10H,6,8,11,20H2. The van der Waals surface area contributed by atoms with Gasteiger partial charge in [-0.1, -0.05) is 23.7 Å². The van der Waals surface area contributed by atoms with Crippen LogP contribution < -0.4 is 5.73 Å². The highest BCUT2D eigenvalue weighted by Crippen LogP contribution is 2.23. The normalized spacial score (nSPS) is 11.2. The maximum Gasteiger partial charge on any atom is 0.128 e. The van der Waals surface area contributed by atoms with E-state index in [9.17, 15) is 4.39 Å². The minimum atomic E-state index is -0.237. The van der Waals surface area contributed by atoms with Crippen molar-refractivity contribution in [3.63, 3.8) is 0 Å². The molecule has 0 atom stereocenters. The average Bonchev–Trinajstić information content (AvgIpc) is 2.88. The molecule has 1 heterocycles. The average molecular weight is 303 g/mol. The van der Waals surface area contributed by atoms with Crippen LogP contribution in [0.15, 0.2) is 48.7 Å². The molecule has 0 amide bonds. The third-order valence-electron chi connectivity index (χ3n) is 3.67. The van der Waals surface area contributed by atoms with E-state index in [0.29, 0.717) is 23.7 Å². The molecular weight excluding hydrogens is 287 g/mol. The Morgan fingerprint density at radius 2 is 1.95 bits per heavy atom. The van der Waals surface area contributed by atoms with E-state index in [4.69, 9.17) is 17.3 Å². The Labute approximate surface area is 127 Å². The predicted molar refractivity (Wildman–Crippen MR) is 85.2 cm³/mol. The molecule has 2 nitrogen and oxygen atoms in total. The highest BCUT2D eigenvalue weighted by molar-refractivity contribution is 6.30. The SMILES string of the molecule is NCCc1cccc2c1ccn2Cc1cc(Cl)ccc1F. The van der Waals surface area contributed by atoms with Crippen molar-refractivity contribution >= 4 is 22.5 Å². The third-order valence-corrected chi connectivity index (χ3v) is 3.90. The lowest BCUT2D eigenvalue weighted by molar-refractivity contribution is 0.602. The number of hydrogen-bond acceptors (Lipinski definition) is 1. The van der Waals surface area contributed by atoms with Gasteiger partial charge < -0.3 is 10.3 Å². The minimum Gasteiger partial charge on any atom is -0.343 e. The molecule has 0 bridgehead atoms. The lowest BCUT2D eigenvalue weighted by Crippen LogP contribution is -2.03. The van der Waals surface area contributed by atoms with Crippen LogP contribution in [0.1, 0.15) is 11.1 Å². The number of benzene rings is 2. The summed E-state index contributed by atoms with van der Waals surface area (Å²) in [6.07, 6.45) is 2.82. The Balaban J connectivity index is 2.01. The van der Waals surface area contributed by atoms with E-state index in [1.54, 1.807) is 12.1 Å². The molecule has 1 aromatic heterocycles. The highest BCUT2D eigenvalue weighted by atomic mass is 35.5. The summed E-state index contributed by atoms with van der Waals surface area (Å²) in [4.78, 5) is 0. The molecule has 2 aromatic carbocycles. The van der Waals surface area contributed by atoms with Crippen molar-refractivity contribution in [1.82, 2.24) is 4.57 Å². The second-order valence-electron chi connectivity index (χ2n) is 5.07. The van der Waals surface area contributed by atoms with Crippen LogP contribution in [0.4, 0.5) is 4.39 Å². The maximum atomic E-state index is 13.9. The van der Waals surface area contributed by atoms with E-state index in [1.165, 1.54) is 17.0 Å². The first-order chi connectivity index (χ1) is 10.2. The zero-order valence-corrected chi connectivity index (χ0v) is 12.3. The summed E-state index contributed by atoms with van der Waals surface area (Å²) in [5.41, 5.74) is 8.54.